The van der Waals surface area contributed by atoms with Gasteiger partial charge in [-0.2, -0.15) is 13.2 Å². The minimum absolute atomic E-state index is 0.112. The van der Waals surface area contributed by atoms with Gasteiger partial charge in [0.1, 0.15) is 0 Å². The van der Waals surface area contributed by atoms with Crippen molar-refractivity contribution >= 4 is 10.0 Å². The second kappa shape index (κ2) is 7.61. The third-order valence-electron chi connectivity index (χ3n) is 3.32. The molecule has 0 radical (unpaired) electrons. The Hall–Kier alpha value is -0.340. The summed E-state index contributed by atoms with van der Waals surface area (Å²) in [5.41, 5.74) is 0. The summed E-state index contributed by atoms with van der Waals surface area (Å²) in [6, 6.07) is 0.112. The van der Waals surface area contributed by atoms with Crippen LogP contribution in [0.1, 0.15) is 39.0 Å². The number of piperidine rings is 1. The smallest absolute Gasteiger partial charge is 0.313 e. The fourth-order valence-corrected chi connectivity index (χ4v) is 3.88. The van der Waals surface area contributed by atoms with Crippen LogP contribution in [0.2, 0.25) is 0 Å². The van der Waals surface area contributed by atoms with E-state index in [9.17, 15) is 21.6 Å². The molecule has 0 aliphatic carbocycles. The monoisotopic (exact) mass is 316 g/mol. The normalized spacial score (nSPS) is 22.1. The highest BCUT2D eigenvalue weighted by atomic mass is 32.2. The molecule has 8 heteroatoms. The number of hydrogen-bond donors (Lipinski definition) is 1. The van der Waals surface area contributed by atoms with Crippen molar-refractivity contribution in [3.8, 4) is 0 Å². The minimum Gasteiger partial charge on any atom is -0.313 e. The molecular formula is C12H23F3N2O2S. The Morgan fingerprint density at radius 1 is 1.35 bits per heavy atom. The van der Waals surface area contributed by atoms with E-state index in [1.54, 1.807) is 0 Å². The molecule has 1 aliphatic rings. The Labute approximate surface area is 118 Å². The van der Waals surface area contributed by atoms with Crippen LogP contribution in [0.25, 0.3) is 0 Å². The molecule has 120 valence electrons. The van der Waals surface area contributed by atoms with Gasteiger partial charge in [-0.25, -0.2) is 12.7 Å². The summed E-state index contributed by atoms with van der Waals surface area (Å²) in [7, 11) is -3.57. The zero-order chi connectivity index (χ0) is 15.2. The van der Waals surface area contributed by atoms with Crippen LogP contribution in [0, 0.1) is 0 Å². The number of rotatable bonds is 7. The SMILES string of the molecule is CCCNC1CCCN(S(=O)(=O)CCCC(F)(F)F)C1. The Kier molecular flexibility index (Phi) is 6.74. The van der Waals surface area contributed by atoms with Crippen molar-refractivity contribution in [3.05, 3.63) is 0 Å². The summed E-state index contributed by atoms with van der Waals surface area (Å²) in [5, 5.41) is 3.27. The maximum Gasteiger partial charge on any atom is 0.389 e. The molecule has 1 heterocycles. The fourth-order valence-electron chi connectivity index (χ4n) is 2.29. The molecule has 20 heavy (non-hydrogen) atoms. The molecule has 1 saturated heterocycles. The zero-order valence-corrected chi connectivity index (χ0v) is 12.6. The molecule has 0 bridgehead atoms. The molecular weight excluding hydrogens is 293 g/mol. The summed E-state index contributed by atoms with van der Waals surface area (Å²) >= 11 is 0. The van der Waals surface area contributed by atoms with Gasteiger partial charge in [-0.15, -0.1) is 0 Å². The van der Waals surface area contributed by atoms with Crippen molar-refractivity contribution in [1.82, 2.24) is 9.62 Å². The molecule has 1 unspecified atom stereocenters. The van der Waals surface area contributed by atoms with Gasteiger partial charge in [-0.3, -0.25) is 0 Å². The third-order valence-corrected chi connectivity index (χ3v) is 5.25. The summed E-state index contributed by atoms with van der Waals surface area (Å²) in [6.07, 6.45) is -3.07. The van der Waals surface area contributed by atoms with Crippen molar-refractivity contribution in [2.24, 2.45) is 0 Å². The first-order chi connectivity index (χ1) is 9.24. The van der Waals surface area contributed by atoms with Crippen molar-refractivity contribution < 1.29 is 21.6 Å². The molecule has 1 aliphatic heterocycles. The van der Waals surface area contributed by atoms with Gasteiger partial charge in [0, 0.05) is 25.6 Å². The first-order valence-electron chi connectivity index (χ1n) is 7.02. The first-order valence-corrected chi connectivity index (χ1v) is 8.63. The summed E-state index contributed by atoms with van der Waals surface area (Å²) < 4.78 is 61.5. The molecule has 4 nitrogen and oxygen atoms in total. The van der Waals surface area contributed by atoms with Gasteiger partial charge in [0.15, 0.2) is 0 Å². The van der Waals surface area contributed by atoms with E-state index in [-0.39, 0.29) is 12.5 Å². The largest absolute Gasteiger partial charge is 0.389 e. The number of hydrogen-bond acceptors (Lipinski definition) is 3. The number of sulfonamides is 1. The predicted molar refractivity (Wildman–Crippen MR) is 72.0 cm³/mol. The molecule has 0 aromatic rings. The van der Waals surface area contributed by atoms with Gasteiger partial charge >= 0.3 is 6.18 Å². The highest BCUT2D eigenvalue weighted by Crippen LogP contribution is 2.23. The van der Waals surface area contributed by atoms with Crippen LogP contribution in [-0.2, 0) is 10.0 Å². The van der Waals surface area contributed by atoms with E-state index in [2.05, 4.69) is 5.32 Å². The molecule has 0 aromatic carbocycles. The number of halogens is 3. The molecule has 0 saturated carbocycles. The second-order valence-corrected chi connectivity index (χ2v) is 7.27. The van der Waals surface area contributed by atoms with Crippen LogP contribution in [0.4, 0.5) is 13.2 Å². The average Bonchev–Trinajstić information content (AvgIpc) is 2.35. The van der Waals surface area contributed by atoms with Gasteiger partial charge in [0.2, 0.25) is 10.0 Å². The summed E-state index contributed by atoms with van der Waals surface area (Å²) in [4.78, 5) is 0. The van der Waals surface area contributed by atoms with E-state index in [4.69, 9.17) is 0 Å². The van der Waals surface area contributed by atoms with Gasteiger partial charge in [0.05, 0.1) is 5.75 Å². The van der Waals surface area contributed by atoms with E-state index in [0.717, 1.165) is 25.8 Å². The Balaban J connectivity index is 2.45. The Morgan fingerprint density at radius 2 is 2.05 bits per heavy atom. The lowest BCUT2D eigenvalue weighted by molar-refractivity contribution is -0.134. The molecule has 0 spiro atoms. The van der Waals surface area contributed by atoms with Crippen molar-refractivity contribution in [3.63, 3.8) is 0 Å². The van der Waals surface area contributed by atoms with Crippen LogP contribution in [0.3, 0.4) is 0 Å². The van der Waals surface area contributed by atoms with E-state index in [0.29, 0.717) is 13.1 Å². The van der Waals surface area contributed by atoms with Gasteiger partial charge < -0.3 is 5.32 Å². The van der Waals surface area contributed by atoms with E-state index >= 15 is 0 Å². The standard InChI is InChI=1S/C12H23F3N2O2S/c1-2-7-16-11-5-3-8-17(10-11)20(18,19)9-4-6-12(13,14)15/h11,16H,2-10H2,1H3. The lowest BCUT2D eigenvalue weighted by atomic mass is 10.1. The van der Waals surface area contributed by atoms with Gasteiger partial charge in [-0.05, 0) is 32.2 Å². The molecule has 1 atom stereocenters. The molecule has 1 N–H and O–H groups in total. The number of alkyl halides is 3. The fraction of sp³-hybridized carbons (Fsp3) is 1.00. The van der Waals surface area contributed by atoms with E-state index < -0.39 is 28.4 Å². The van der Waals surface area contributed by atoms with Crippen molar-refractivity contribution in [2.45, 2.75) is 51.2 Å². The second-order valence-electron chi connectivity index (χ2n) is 5.19. The zero-order valence-electron chi connectivity index (χ0n) is 11.7. The van der Waals surface area contributed by atoms with Gasteiger partial charge in [0.25, 0.3) is 0 Å². The topological polar surface area (TPSA) is 49.4 Å². The third kappa shape index (κ3) is 6.41. The molecule has 0 amide bonds. The molecule has 1 rings (SSSR count). The minimum atomic E-state index is -4.29. The predicted octanol–water partition coefficient (Wildman–Crippen LogP) is 2.12. The van der Waals surface area contributed by atoms with Crippen LogP contribution in [0.5, 0.6) is 0 Å². The summed E-state index contributed by atoms with van der Waals surface area (Å²) in [6.45, 7) is 3.64. The first kappa shape index (κ1) is 17.7. The maximum absolute atomic E-state index is 12.1. The average molecular weight is 316 g/mol. The number of nitrogens with zero attached hydrogens (tertiary/aromatic N) is 1. The van der Waals surface area contributed by atoms with E-state index in [1.165, 1.54) is 4.31 Å². The number of nitrogens with one attached hydrogen (secondary N) is 1. The van der Waals surface area contributed by atoms with Crippen molar-refractivity contribution in [2.75, 3.05) is 25.4 Å². The van der Waals surface area contributed by atoms with E-state index in [1.807, 2.05) is 6.92 Å². The lowest BCUT2D eigenvalue weighted by Crippen LogP contribution is -2.48. The molecule has 1 fully saturated rings. The maximum atomic E-state index is 12.1. The van der Waals surface area contributed by atoms with Crippen LogP contribution in [0.15, 0.2) is 0 Å². The Bertz CT molecular complexity index is 385. The van der Waals surface area contributed by atoms with Crippen LogP contribution >= 0.6 is 0 Å². The van der Waals surface area contributed by atoms with Crippen molar-refractivity contribution in [1.29, 1.82) is 0 Å². The summed E-state index contributed by atoms with van der Waals surface area (Å²) in [5.74, 6) is -0.424. The quantitative estimate of drug-likeness (QED) is 0.783. The lowest BCUT2D eigenvalue weighted by Gasteiger charge is -2.32. The highest BCUT2D eigenvalue weighted by Gasteiger charge is 2.31. The van der Waals surface area contributed by atoms with Gasteiger partial charge in [-0.1, -0.05) is 6.92 Å². The Morgan fingerprint density at radius 3 is 2.65 bits per heavy atom. The highest BCUT2D eigenvalue weighted by molar-refractivity contribution is 7.89. The van der Waals surface area contributed by atoms with Crippen LogP contribution in [-0.4, -0.2) is 50.3 Å². The van der Waals surface area contributed by atoms with Crippen LogP contribution < -0.4 is 5.32 Å². The molecule has 0 aromatic heterocycles.